The zero-order valence-corrected chi connectivity index (χ0v) is 12.5. The molecule has 1 unspecified atom stereocenters. The third kappa shape index (κ3) is 6.41. The van der Waals surface area contributed by atoms with Crippen molar-refractivity contribution in [3.8, 4) is 0 Å². The number of hydrogen-bond donors (Lipinski definition) is 2. The fraction of sp³-hybridized carbons (Fsp3) is 0.625. The molecule has 0 saturated heterocycles. The molecule has 124 valence electrons. The Balaban J connectivity index is 0.000000433. The normalized spacial score (nSPS) is 14.2. The van der Waals surface area contributed by atoms with Crippen molar-refractivity contribution in [1.29, 1.82) is 0 Å². The van der Waals surface area contributed by atoms with Crippen LogP contribution in [-0.2, 0) is 27.3 Å². The zero-order valence-electron chi connectivity index (χ0n) is 10.9. The van der Waals surface area contributed by atoms with Crippen LogP contribution < -0.4 is 4.57 Å². The summed E-state index contributed by atoms with van der Waals surface area (Å²) in [6, 6.07) is 0. The van der Waals surface area contributed by atoms with Crippen molar-refractivity contribution in [2.75, 3.05) is 0 Å². The van der Waals surface area contributed by atoms with Gasteiger partial charge in [0.25, 0.3) is 0 Å². The van der Waals surface area contributed by atoms with E-state index >= 15 is 0 Å². The molecule has 0 saturated carbocycles. The molecule has 13 heteroatoms. The zero-order chi connectivity index (χ0) is 17.1. The number of hydrogen-bond acceptors (Lipinski definition) is 4. The maximum atomic E-state index is 10.9. The van der Waals surface area contributed by atoms with E-state index in [-0.39, 0.29) is 0 Å². The predicted molar refractivity (Wildman–Crippen MR) is 64.1 cm³/mol. The lowest BCUT2D eigenvalue weighted by Crippen LogP contribution is -2.25. The van der Waals surface area contributed by atoms with Crippen molar-refractivity contribution < 1.29 is 43.7 Å². The molecule has 1 aromatic rings. The van der Waals surface area contributed by atoms with Crippen molar-refractivity contribution in [3.63, 3.8) is 0 Å². The first-order valence-corrected chi connectivity index (χ1v) is 8.17. The fourth-order valence-corrected chi connectivity index (χ4v) is 2.07. The van der Waals surface area contributed by atoms with Gasteiger partial charge in [-0.1, -0.05) is 6.92 Å². The van der Waals surface area contributed by atoms with Crippen LogP contribution in [-0.4, -0.2) is 36.0 Å². The SMILES string of the molecule is CCC(n1cc[n+](C)c1)S(=O)(=O)O.O=S(=O)(O)C(F)(F)F. The predicted octanol–water partition coefficient (Wildman–Crippen LogP) is 0.503. The molecular formula is C8H14F3N2O6S2+. The molecule has 0 radical (unpaired) electrons. The summed E-state index contributed by atoms with van der Waals surface area (Å²) < 4.78 is 91.4. The molecule has 0 amide bonds. The van der Waals surface area contributed by atoms with Gasteiger partial charge < -0.3 is 0 Å². The van der Waals surface area contributed by atoms with E-state index < -0.39 is 31.1 Å². The van der Waals surface area contributed by atoms with E-state index in [4.69, 9.17) is 17.5 Å². The Bertz CT molecular complexity index is 664. The average Bonchev–Trinajstić information content (AvgIpc) is 2.61. The number of aromatic nitrogens is 2. The summed E-state index contributed by atoms with van der Waals surface area (Å²) in [6.07, 6.45) is 5.28. The van der Waals surface area contributed by atoms with E-state index in [2.05, 4.69) is 0 Å². The monoisotopic (exact) mass is 355 g/mol. The third-order valence-corrected chi connectivity index (χ3v) is 3.96. The maximum absolute atomic E-state index is 10.9. The van der Waals surface area contributed by atoms with Gasteiger partial charge in [0.2, 0.25) is 11.7 Å². The highest BCUT2D eigenvalue weighted by atomic mass is 32.2. The summed E-state index contributed by atoms with van der Waals surface area (Å²) >= 11 is 0. The highest BCUT2D eigenvalue weighted by Gasteiger charge is 2.44. The molecule has 1 atom stereocenters. The molecule has 8 nitrogen and oxygen atoms in total. The smallest absolute Gasteiger partial charge is 0.282 e. The van der Waals surface area contributed by atoms with Gasteiger partial charge in [0.1, 0.15) is 12.4 Å². The Hall–Kier alpha value is -1.18. The van der Waals surface area contributed by atoms with E-state index in [1.54, 1.807) is 37.3 Å². The topological polar surface area (TPSA) is 118 Å². The van der Waals surface area contributed by atoms with Gasteiger partial charge in [-0.15, -0.1) is 0 Å². The largest absolute Gasteiger partial charge is 0.522 e. The average molecular weight is 355 g/mol. The highest BCUT2D eigenvalue weighted by Crippen LogP contribution is 2.20. The number of aryl methyl sites for hydroxylation is 1. The van der Waals surface area contributed by atoms with Crippen molar-refractivity contribution in [2.24, 2.45) is 7.05 Å². The van der Waals surface area contributed by atoms with Gasteiger partial charge in [-0.25, -0.2) is 9.13 Å². The molecule has 0 bridgehead atoms. The molecule has 1 rings (SSSR count). The minimum absolute atomic E-state index is 0.341. The molecule has 21 heavy (non-hydrogen) atoms. The van der Waals surface area contributed by atoms with Crippen molar-refractivity contribution in [3.05, 3.63) is 18.7 Å². The van der Waals surface area contributed by atoms with Crippen LogP contribution in [0.15, 0.2) is 18.7 Å². The fourth-order valence-electron chi connectivity index (χ4n) is 1.22. The first-order chi connectivity index (χ1) is 9.20. The highest BCUT2D eigenvalue weighted by molar-refractivity contribution is 7.86. The van der Waals surface area contributed by atoms with Gasteiger partial charge >= 0.3 is 25.7 Å². The van der Waals surface area contributed by atoms with Crippen molar-refractivity contribution >= 4 is 20.2 Å². The molecule has 2 N–H and O–H groups in total. The molecule has 0 spiro atoms. The Morgan fingerprint density at radius 2 is 1.67 bits per heavy atom. The Kier molecular flexibility index (Phi) is 6.34. The minimum atomic E-state index is -5.84. The summed E-state index contributed by atoms with van der Waals surface area (Å²) in [5.41, 5.74) is -5.53. The van der Waals surface area contributed by atoms with E-state index in [1.807, 2.05) is 0 Å². The van der Waals surface area contributed by atoms with Gasteiger partial charge in [0.15, 0.2) is 0 Å². The standard InChI is InChI=1S/C7H12N2O3S.CHF3O3S/c1-3-7(13(10,11)12)9-5-4-8(2)6-9;2-1(3,4)8(5,6)7/h4-7H,3H2,1-2H3;(H,5,6,7)/p+1. The second kappa shape index (κ2) is 6.72. The summed E-state index contributed by atoms with van der Waals surface area (Å²) in [5.74, 6) is 0. The number of rotatable bonds is 3. The summed E-state index contributed by atoms with van der Waals surface area (Å²) in [7, 11) is -8.06. The molecule has 0 fully saturated rings. The third-order valence-electron chi connectivity index (χ3n) is 2.11. The number of alkyl halides is 3. The Labute approximate surface area is 119 Å². The van der Waals surface area contributed by atoms with Crippen LogP contribution >= 0.6 is 0 Å². The van der Waals surface area contributed by atoms with Crippen LogP contribution in [0.5, 0.6) is 0 Å². The van der Waals surface area contributed by atoms with Gasteiger partial charge in [-0.2, -0.15) is 30.0 Å². The lowest BCUT2D eigenvalue weighted by Gasteiger charge is -2.06. The quantitative estimate of drug-likeness (QED) is 0.463. The van der Waals surface area contributed by atoms with Crippen LogP contribution in [0.2, 0.25) is 0 Å². The first-order valence-electron chi connectivity index (χ1n) is 5.23. The van der Waals surface area contributed by atoms with Crippen LogP contribution in [0.25, 0.3) is 0 Å². The number of nitrogens with zero attached hydrogens (tertiary/aromatic N) is 2. The van der Waals surface area contributed by atoms with Crippen molar-refractivity contribution in [1.82, 2.24) is 4.57 Å². The molecule has 1 aromatic heterocycles. The van der Waals surface area contributed by atoms with Gasteiger partial charge in [0.05, 0.1) is 7.05 Å². The Morgan fingerprint density at radius 3 is 1.86 bits per heavy atom. The maximum Gasteiger partial charge on any atom is 0.522 e. The van der Waals surface area contributed by atoms with E-state index in [1.165, 1.54) is 4.57 Å². The minimum Gasteiger partial charge on any atom is -0.282 e. The number of halogens is 3. The summed E-state index contributed by atoms with van der Waals surface area (Å²) in [6.45, 7) is 1.71. The van der Waals surface area contributed by atoms with Crippen LogP contribution in [0.4, 0.5) is 13.2 Å². The van der Waals surface area contributed by atoms with E-state index in [9.17, 15) is 21.6 Å². The Morgan fingerprint density at radius 1 is 1.24 bits per heavy atom. The van der Waals surface area contributed by atoms with E-state index in [0.717, 1.165) is 0 Å². The number of imidazole rings is 1. The van der Waals surface area contributed by atoms with E-state index in [0.29, 0.717) is 6.42 Å². The second-order valence-electron chi connectivity index (χ2n) is 3.82. The van der Waals surface area contributed by atoms with Crippen LogP contribution in [0.3, 0.4) is 0 Å². The first kappa shape index (κ1) is 19.8. The van der Waals surface area contributed by atoms with Crippen LogP contribution in [0, 0.1) is 0 Å². The van der Waals surface area contributed by atoms with Gasteiger partial charge in [-0.05, 0) is 0 Å². The molecular weight excluding hydrogens is 341 g/mol. The lowest BCUT2D eigenvalue weighted by atomic mass is 10.5. The second-order valence-corrected chi connectivity index (χ2v) is 6.81. The molecule has 1 heterocycles. The van der Waals surface area contributed by atoms with Gasteiger partial charge in [-0.3, -0.25) is 9.11 Å². The van der Waals surface area contributed by atoms with Gasteiger partial charge in [0, 0.05) is 6.42 Å². The molecule has 0 aromatic carbocycles. The summed E-state index contributed by atoms with van der Waals surface area (Å²) in [4.78, 5) is 0. The van der Waals surface area contributed by atoms with Crippen molar-refractivity contribution in [2.45, 2.75) is 24.2 Å². The lowest BCUT2D eigenvalue weighted by molar-refractivity contribution is -0.671. The molecule has 0 aliphatic carbocycles. The van der Waals surface area contributed by atoms with Crippen LogP contribution in [0.1, 0.15) is 18.7 Å². The molecule has 0 aliphatic rings. The summed E-state index contributed by atoms with van der Waals surface area (Å²) in [5, 5.41) is -0.881. The molecule has 0 aliphatic heterocycles.